The highest BCUT2D eigenvalue weighted by molar-refractivity contribution is 7.89. The summed E-state index contributed by atoms with van der Waals surface area (Å²) in [4.78, 5) is 0.249. The molecular weight excluding hydrogens is 312 g/mol. The minimum Gasteiger partial charge on any atom is -0.383 e. The minimum atomic E-state index is -3.58. The maximum absolute atomic E-state index is 12.9. The van der Waals surface area contributed by atoms with Crippen LogP contribution in [0, 0.1) is 6.92 Å². The van der Waals surface area contributed by atoms with Gasteiger partial charge in [0.2, 0.25) is 10.0 Å². The fraction of sp³-hybridized carbons (Fsp3) is 0.571. The van der Waals surface area contributed by atoms with Gasteiger partial charge in [0.05, 0.1) is 11.5 Å². The van der Waals surface area contributed by atoms with E-state index in [1.165, 1.54) is 10.4 Å². The van der Waals surface area contributed by atoms with Crippen LogP contribution in [0.1, 0.15) is 24.0 Å². The average Bonchev–Trinajstić information content (AvgIpc) is 3.25. The highest BCUT2D eigenvalue weighted by Gasteiger charge is 2.38. The molecule has 2 N–H and O–H groups in total. The molecule has 0 heterocycles. The van der Waals surface area contributed by atoms with E-state index in [1.807, 2.05) is 0 Å². The molecule has 0 aromatic heterocycles. The van der Waals surface area contributed by atoms with Crippen molar-refractivity contribution in [3.8, 4) is 0 Å². The molecule has 0 atom stereocenters. The largest absolute Gasteiger partial charge is 0.383 e. The normalized spacial score (nSPS) is 15.7. The highest BCUT2D eigenvalue weighted by Crippen LogP contribution is 2.34. The molecule has 0 amide bonds. The van der Waals surface area contributed by atoms with Gasteiger partial charge in [-0.15, -0.1) is 0 Å². The lowest BCUT2D eigenvalue weighted by Crippen LogP contribution is -2.36. The zero-order valence-electron chi connectivity index (χ0n) is 12.3. The van der Waals surface area contributed by atoms with Crippen LogP contribution in [-0.2, 0) is 21.3 Å². The number of hydrogen-bond acceptors (Lipinski definition) is 4. The quantitative estimate of drug-likeness (QED) is 0.827. The Morgan fingerprint density at radius 1 is 1.43 bits per heavy atom. The summed E-state index contributed by atoms with van der Waals surface area (Å²) in [6, 6.07) is 3.30. The van der Waals surface area contributed by atoms with E-state index in [0.29, 0.717) is 23.7 Å². The first-order valence-electron chi connectivity index (χ1n) is 6.91. The number of hydrogen-bond donors (Lipinski definition) is 1. The minimum absolute atomic E-state index is 0.0739. The summed E-state index contributed by atoms with van der Waals surface area (Å²) in [6.45, 7) is 2.76. The van der Waals surface area contributed by atoms with Gasteiger partial charge in [-0.3, -0.25) is 0 Å². The molecule has 7 heteroatoms. The van der Waals surface area contributed by atoms with Crippen LogP contribution in [-0.4, -0.2) is 39.0 Å². The van der Waals surface area contributed by atoms with E-state index in [0.717, 1.165) is 18.4 Å². The first-order valence-corrected chi connectivity index (χ1v) is 8.73. The molecule has 1 aromatic rings. The number of halogens is 1. The third-order valence-corrected chi connectivity index (χ3v) is 6.01. The molecule has 0 spiro atoms. The molecule has 0 bridgehead atoms. The Morgan fingerprint density at radius 2 is 2.10 bits per heavy atom. The van der Waals surface area contributed by atoms with Gasteiger partial charge >= 0.3 is 0 Å². The first-order chi connectivity index (χ1) is 9.91. The smallest absolute Gasteiger partial charge is 0.243 e. The third kappa shape index (κ3) is 3.57. The molecule has 21 heavy (non-hydrogen) atoms. The molecule has 1 fully saturated rings. The third-order valence-electron chi connectivity index (χ3n) is 3.71. The summed E-state index contributed by atoms with van der Waals surface area (Å²) in [6.07, 6.45) is 1.79. The van der Waals surface area contributed by atoms with Gasteiger partial charge in [0, 0.05) is 31.3 Å². The standard InChI is InChI=1S/C14H21ClN2O3S/c1-10-11(9-16)7-12(15)8-14(10)21(18,19)17(5-6-20-2)13-3-4-13/h7-8,13H,3-6,9,16H2,1-2H3. The van der Waals surface area contributed by atoms with Gasteiger partial charge in [0.25, 0.3) is 0 Å². The summed E-state index contributed by atoms with van der Waals surface area (Å²) in [5.74, 6) is 0. The molecule has 0 unspecified atom stereocenters. The van der Waals surface area contributed by atoms with Crippen molar-refractivity contribution in [3.63, 3.8) is 0 Å². The predicted molar refractivity (Wildman–Crippen MR) is 82.9 cm³/mol. The second-order valence-corrected chi connectivity index (χ2v) is 7.53. The fourth-order valence-corrected chi connectivity index (χ4v) is 4.63. The number of ether oxygens (including phenoxy) is 1. The molecular formula is C14H21ClN2O3S. The summed E-state index contributed by atoms with van der Waals surface area (Å²) in [5.41, 5.74) is 7.10. The molecule has 1 aromatic carbocycles. The van der Waals surface area contributed by atoms with E-state index >= 15 is 0 Å². The van der Waals surface area contributed by atoms with E-state index in [4.69, 9.17) is 22.1 Å². The highest BCUT2D eigenvalue weighted by atomic mass is 35.5. The lowest BCUT2D eigenvalue weighted by Gasteiger charge is -2.23. The first kappa shape index (κ1) is 16.7. The van der Waals surface area contributed by atoms with E-state index in [1.54, 1.807) is 20.1 Å². The predicted octanol–water partition coefficient (Wildman–Crippen LogP) is 1.91. The van der Waals surface area contributed by atoms with Crippen LogP contribution in [0.5, 0.6) is 0 Å². The van der Waals surface area contributed by atoms with Crippen molar-refractivity contribution in [2.75, 3.05) is 20.3 Å². The molecule has 1 aliphatic carbocycles. The van der Waals surface area contributed by atoms with Gasteiger partial charge in [-0.25, -0.2) is 8.42 Å². The van der Waals surface area contributed by atoms with Crippen molar-refractivity contribution < 1.29 is 13.2 Å². The van der Waals surface area contributed by atoms with Gasteiger partial charge in [0.15, 0.2) is 0 Å². The van der Waals surface area contributed by atoms with Crippen LogP contribution in [0.25, 0.3) is 0 Å². The van der Waals surface area contributed by atoms with Gasteiger partial charge in [-0.2, -0.15) is 4.31 Å². The molecule has 118 valence electrons. The van der Waals surface area contributed by atoms with Crippen molar-refractivity contribution in [3.05, 3.63) is 28.3 Å². The van der Waals surface area contributed by atoms with Crippen LogP contribution < -0.4 is 5.73 Å². The van der Waals surface area contributed by atoms with Crippen LogP contribution in [0.4, 0.5) is 0 Å². The Morgan fingerprint density at radius 3 is 2.62 bits per heavy atom. The lowest BCUT2D eigenvalue weighted by atomic mass is 10.1. The zero-order valence-corrected chi connectivity index (χ0v) is 13.9. The van der Waals surface area contributed by atoms with Gasteiger partial charge in [0.1, 0.15) is 0 Å². The maximum atomic E-state index is 12.9. The fourth-order valence-electron chi connectivity index (χ4n) is 2.36. The Balaban J connectivity index is 2.44. The maximum Gasteiger partial charge on any atom is 0.243 e. The topological polar surface area (TPSA) is 72.6 Å². The molecule has 1 saturated carbocycles. The molecule has 2 rings (SSSR count). The number of nitrogens with two attached hydrogens (primary N) is 1. The Hall–Kier alpha value is -0.660. The van der Waals surface area contributed by atoms with Gasteiger partial charge < -0.3 is 10.5 Å². The Bertz CT molecular complexity index is 615. The Labute approximate surface area is 131 Å². The van der Waals surface area contributed by atoms with E-state index in [2.05, 4.69) is 0 Å². The number of benzene rings is 1. The molecule has 0 saturated heterocycles. The summed E-state index contributed by atoms with van der Waals surface area (Å²) in [7, 11) is -2.02. The summed E-state index contributed by atoms with van der Waals surface area (Å²) in [5, 5.41) is 0.391. The van der Waals surface area contributed by atoms with Crippen LogP contribution in [0.15, 0.2) is 17.0 Å². The number of nitrogens with zero attached hydrogens (tertiary/aromatic N) is 1. The van der Waals surface area contributed by atoms with Crippen molar-refractivity contribution in [1.29, 1.82) is 0 Å². The lowest BCUT2D eigenvalue weighted by molar-refractivity contribution is 0.177. The van der Waals surface area contributed by atoms with E-state index in [-0.39, 0.29) is 17.5 Å². The van der Waals surface area contributed by atoms with Crippen molar-refractivity contribution in [1.82, 2.24) is 4.31 Å². The van der Waals surface area contributed by atoms with Crippen molar-refractivity contribution in [2.24, 2.45) is 5.73 Å². The SMILES string of the molecule is COCCN(C1CC1)S(=O)(=O)c1cc(Cl)cc(CN)c1C. The molecule has 0 radical (unpaired) electrons. The number of sulfonamides is 1. The van der Waals surface area contributed by atoms with E-state index in [9.17, 15) is 8.42 Å². The zero-order chi connectivity index (χ0) is 15.6. The van der Waals surface area contributed by atoms with Gasteiger partial charge in [-0.05, 0) is 43.0 Å². The summed E-state index contributed by atoms with van der Waals surface area (Å²) < 4.78 is 32.4. The number of rotatable bonds is 7. The summed E-state index contributed by atoms with van der Waals surface area (Å²) >= 11 is 6.05. The van der Waals surface area contributed by atoms with Gasteiger partial charge in [-0.1, -0.05) is 11.6 Å². The molecule has 1 aliphatic rings. The van der Waals surface area contributed by atoms with E-state index < -0.39 is 10.0 Å². The average molecular weight is 333 g/mol. The van der Waals surface area contributed by atoms with Crippen molar-refractivity contribution >= 4 is 21.6 Å². The molecule has 0 aliphatic heterocycles. The molecule has 5 nitrogen and oxygen atoms in total. The van der Waals surface area contributed by atoms with Crippen LogP contribution >= 0.6 is 11.6 Å². The second-order valence-electron chi connectivity index (χ2n) is 5.23. The van der Waals surface area contributed by atoms with Crippen molar-refractivity contribution in [2.45, 2.75) is 37.2 Å². The monoisotopic (exact) mass is 332 g/mol. The Kier molecular flexibility index (Phi) is 5.27. The van der Waals surface area contributed by atoms with Crippen LogP contribution in [0.3, 0.4) is 0 Å². The van der Waals surface area contributed by atoms with Crippen LogP contribution in [0.2, 0.25) is 5.02 Å². The number of methoxy groups -OCH3 is 1. The second kappa shape index (κ2) is 6.62.